The molecular formula is C20H23N3O. The van der Waals surface area contributed by atoms with Gasteiger partial charge in [-0.3, -0.25) is 4.68 Å². The molecule has 24 heavy (non-hydrogen) atoms. The van der Waals surface area contributed by atoms with E-state index in [1.54, 1.807) is 0 Å². The van der Waals surface area contributed by atoms with Gasteiger partial charge in [0.1, 0.15) is 0 Å². The fraction of sp³-hybridized carbons (Fsp3) is 0.350. The molecule has 1 aliphatic heterocycles. The molecule has 0 atom stereocenters. The highest BCUT2D eigenvalue weighted by molar-refractivity contribution is 5.84. The lowest BCUT2D eigenvalue weighted by molar-refractivity contribution is 0.0530. The zero-order valence-corrected chi connectivity index (χ0v) is 14.0. The Morgan fingerprint density at radius 2 is 1.92 bits per heavy atom. The first-order valence-electron chi connectivity index (χ1n) is 8.52. The van der Waals surface area contributed by atoms with Crippen molar-refractivity contribution < 1.29 is 4.74 Å². The molecule has 1 fully saturated rings. The summed E-state index contributed by atoms with van der Waals surface area (Å²) in [7, 11) is 1.95. The number of hydrogen-bond donors (Lipinski definition) is 1. The molecule has 0 bridgehead atoms. The number of nitrogens with two attached hydrogens (primary N) is 1. The Labute approximate surface area is 142 Å². The van der Waals surface area contributed by atoms with Crippen LogP contribution in [0.4, 0.5) is 0 Å². The molecule has 1 aliphatic rings. The van der Waals surface area contributed by atoms with E-state index in [2.05, 4.69) is 53.8 Å². The molecule has 2 N–H and O–H groups in total. The van der Waals surface area contributed by atoms with Crippen LogP contribution in [0.15, 0.2) is 48.7 Å². The lowest BCUT2D eigenvalue weighted by Crippen LogP contribution is -2.40. The highest BCUT2D eigenvalue weighted by atomic mass is 16.5. The van der Waals surface area contributed by atoms with Gasteiger partial charge in [0.2, 0.25) is 0 Å². The monoisotopic (exact) mass is 321 g/mol. The van der Waals surface area contributed by atoms with Crippen molar-refractivity contribution in [3.05, 3.63) is 54.2 Å². The average molecular weight is 321 g/mol. The second-order valence-corrected chi connectivity index (χ2v) is 6.75. The van der Waals surface area contributed by atoms with Crippen molar-refractivity contribution in [1.82, 2.24) is 9.78 Å². The molecule has 0 saturated carbocycles. The van der Waals surface area contributed by atoms with Crippen LogP contribution in [0.25, 0.3) is 22.0 Å². The minimum absolute atomic E-state index is 0.0483. The zero-order chi connectivity index (χ0) is 16.6. The normalized spacial score (nSPS) is 17.2. The first kappa shape index (κ1) is 15.4. The number of aromatic nitrogens is 2. The molecule has 4 heteroatoms. The largest absolute Gasteiger partial charge is 0.381 e. The first-order chi connectivity index (χ1) is 11.7. The fourth-order valence-corrected chi connectivity index (χ4v) is 3.73. The number of rotatable bonds is 3. The lowest BCUT2D eigenvalue weighted by atomic mass is 9.73. The van der Waals surface area contributed by atoms with E-state index in [1.165, 1.54) is 22.1 Å². The molecule has 0 unspecified atom stereocenters. The Kier molecular flexibility index (Phi) is 3.87. The van der Waals surface area contributed by atoms with E-state index in [1.807, 2.05) is 11.7 Å². The lowest BCUT2D eigenvalue weighted by Gasteiger charge is -2.37. The topological polar surface area (TPSA) is 53.1 Å². The average Bonchev–Trinajstić information content (AvgIpc) is 3.01. The molecule has 124 valence electrons. The second-order valence-electron chi connectivity index (χ2n) is 6.75. The summed E-state index contributed by atoms with van der Waals surface area (Å²) in [4.78, 5) is 0. The molecule has 2 aromatic carbocycles. The van der Waals surface area contributed by atoms with Crippen LogP contribution in [-0.2, 0) is 17.2 Å². The summed E-state index contributed by atoms with van der Waals surface area (Å²) in [5, 5.41) is 5.62. The number of aryl methyl sites for hydroxylation is 1. The van der Waals surface area contributed by atoms with E-state index in [0.717, 1.165) is 31.6 Å². The van der Waals surface area contributed by atoms with Crippen LogP contribution in [0, 0.1) is 0 Å². The van der Waals surface area contributed by atoms with E-state index in [9.17, 15) is 0 Å². The highest BCUT2D eigenvalue weighted by Crippen LogP contribution is 2.36. The Morgan fingerprint density at radius 3 is 2.71 bits per heavy atom. The van der Waals surface area contributed by atoms with E-state index in [-0.39, 0.29) is 5.41 Å². The van der Waals surface area contributed by atoms with Crippen molar-refractivity contribution in [2.24, 2.45) is 12.8 Å². The molecule has 1 saturated heterocycles. The zero-order valence-electron chi connectivity index (χ0n) is 14.0. The van der Waals surface area contributed by atoms with Crippen molar-refractivity contribution in [1.29, 1.82) is 0 Å². The molecule has 2 heterocycles. The van der Waals surface area contributed by atoms with Gasteiger partial charge in [0, 0.05) is 43.8 Å². The van der Waals surface area contributed by atoms with Crippen LogP contribution in [0.1, 0.15) is 18.4 Å². The Bertz CT molecular complexity index is 862. The van der Waals surface area contributed by atoms with Crippen LogP contribution in [0.3, 0.4) is 0 Å². The SMILES string of the molecule is Cn1cc2cc(-c3cccc(C4(CN)CCOCC4)c3)ccc2n1. The van der Waals surface area contributed by atoms with Gasteiger partial charge >= 0.3 is 0 Å². The summed E-state index contributed by atoms with van der Waals surface area (Å²) in [5.41, 5.74) is 11.0. The Morgan fingerprint density at radius 1 is 1.12 bits per heavy atom. The van der Waals surface area contributed by atoms with E-state index < -0.39 is 0 Å². The fourth-order valence-electron chi connectivity index (χ4n) is 3.73. The van der Waals surface area contributed by atoms with Crippen LogP contribution < -0.4 is 5.73 Å². The number of fused-ring (bicyclic) bond motifs is 1. The van der Waals surface area contributed by atoms with Crippen molar-refractivity contribution >= 4 is 10.9 Å². The third kappa shape index (κ3) is 2.62. The Balaban J connectivity index is 1.75. The van der Waals surface area contributed by atoms with Crippen LogP contribution in [0.2, 0.25) is 0 Å². The van der Waals surface area contributed by atoms with Gasteiger partial charge in [-0.1, -0.05) is 30.3 Å². The molecule has 0 aliphatic carbocycles. The van der Waals surface area contributed by atoms with Crippen molar-refractivity contribution in [2.45, 2.75) is 18.3 Å². The third-order valence-corrected chi connectivity index (χ3v) is 5.27. The van der Waals surface area contributed by atoms with Crippen molar-refractivity contribution in [3.8, 4) is 11.1 Å². The quantitative estimate of drug-likeness (QED) is 0.805. The maximum absolute atomic E-state index is 6.17. The predicted molar refractivity (Wildman–Crippen MR) is 96.9 cm³/mol. The highest BCUT2D eigenvalue weighted by Gasteiger charge is 2.33. The van der Waals surface area contributed by atoms with Gasteiger partial charge in [0.15, 0.2) is 0 Å². The van der Waals surface area contributed by atoms with Gasteiger partial charge in [0.05, 0.1) is 5.52 Å². The molecule has 0 amide bonds. The minimum atomic E-state index is 0.0483. The number of ether oxygens (including phenoxy) is 1. The van der Waals surface area contributed by atoms with Crippen molar-refractivity contribution in [3.63, 3.8) is 0 Å². The summed E-state index contributed by atoms with van der Waals surface area (Å²) < 4.78 is 7.41. The van der Waals surface area contributed by atoms with E-state index in [4.69, 9.17) is 10.5 Å². The Hall–Kier alpha value is -2.17. The van der Waals surface area contributed by atoms with Gasteiger partial charge in [-0.05, 0) is 41.7 Å². The molecule has 0 spiro atoms. The van der Waals surface area contributed by atoms with Gasteiger partial charge in [-0.25, -0.2) is 0 Å². The minimum Gasteiger partial charge on any atom is -0.381 e. The number of nitrogens with zero attached hydrogens (tertiary/aromatic N) is 2. The van der Waals surface area contributed by atoms with Gasteiger partial charge in [-0.2, -0.15) is 5.10 Å². The summed E-state index contributed by atoms with van der Waals surface area (Å²) in [6, 6.07) is 15.3. The van der Waals surface area contributed by atoms with E-state index >= 15 is 0 Å². The molecular weight excluding hydrogens is 298 g/mol. The summed E-state index contributed by atoms with van der Waals surface area (Å²) in [6.07, 6.45) is 4.05. The van der Waals surface area contributed by atoms with Crippen LogP contribution in [0.5, 0.6) is 0 Å². The van der Waals surface area contributed by atoms with Gasteiger partial charge in [-0.15, -0.1) is 0 Å². The van der Waals surface area contributed by atoms with Crippen LogP contribution >= 0.6 is 0 Å². The smallest absolute Gasteiger partial charge is 0.0923 e. The van der Waals surface area contributed by atoms with Gasteiger partial charge < -0.3 is 10.5 Å². The summed E-state index contributed by atoms with van der Waals surface area (Å²) in [5.74, 6) is 0. The second kappa shape index (κ2) is 6.04. The predicted octanol–water partition coefficient (Wildman–Crippen LogP) is 3.25. The molecule has 0 radical (unpaired) electrons. The number of benzene rings is 2. The standard InChI is InChI=1S/C20H23N3O/c1-23-13-17-11-16(5-6-19(17)22-23)15-3-2-4-18(12-15)20(14-21)7-9-24-10-8-20/h2-6,11-13H,7-10,14,21H2,1H3. The van der Waals surface area contributed by atoms with Crippen LogP contribution in [-0.4, -0.2) is 29.5 Å². The third-order valence-electron chi connectivity index (χ3n) is 5.27. The summed E-state index contributed by atoms with van der Waals surface area (Å²) in [6.45, 7) is 2.26. The maximum atomic E-state index is 6.17. The summed E-state index contributed by atoms with van der Waals surface area (Å²) >= 11 is 0. The molecule has 1 aromatic heterocycles. The first-order valence-corrected chi connectivity index (χ1v) is 8.52. The van der Waals surface area contributed by atoms with Crippen molar-refractivity contribution in [2.75, 3.05) is 19.8 Å². The van der Waals surface area contributed by atoms with E-state index in [0.29, 0.717) is 6.54 Å². The molecule has 3 aromatic rings. The molecule has 4 nitrogen and oxygen atoms in total. The maximum Gasteiger partial charge on any atom is 0.0923 e. The number of hydrogen-bond acceptors (Lipinski definition) is 3. The van der Waals surface area contributed by atoms with Gasteiger partial charge in [0.25, 0.3) is 0 Å². The molecule has 4 rings (SSSR count).